The van der Waals surface area contributed by atoms with Gasteiger partial charge in [0.1, 0.15) is 0 Å². The van der Waals surface area contributed by atoms with Gasteiger partial charge in [0.25, 0.3) is 0 Å². The number of nitrogens with zero attached hydrogens (tertiary/aromatic N) is 2. The highest BCUT2D eigenvalue weighted by Gasteiger charge is 2.21. The molecule has 1 N–H and O–H groups in total. The van der Waals surface area contributed by atoms with Crippen LogP contribution in [0.25, 0.3) is 0 Å². The average Bonchev–Trinajstić information content (AvgIpc) is 3.00. The van der Waals surface area contributed by atoms with E-state index in [1.54, 1.807) is 0 Å². The lowest BCUT2D eigenvalue weighted by Gasteiger charge is -2.20. The molecular formula is C13H19N3. The largest absolute Gasteiger partial charge is 0.370 e. The van der Waals surface area contributed by atoms with E-state index < -0.39 is 0 Å². The molecule has 86 valence electrons. The van der Waals surface area contributed by atoms with Crippen LogP contribution in [0.5, 0.6) is 0 Å². The first-order chi connectivity index (χ1) is 7.93. The fourth-order valence-corrected chi connectivity index (χ4v) is 2.35. The second-order valence-corrected chi connectivity index (χ2v) is 4.85. The molecule has 3 nitrogen and oxygen atoms in total. The lowest BCUT2D eigenvalue weighted by molar-refractivity contribution is 0.685. The third kappa shape index (κ3) is 2.19. The van der Waals surface area contributed by atoms with Crippen LogP contribution in [0.3, 0.4) is 0 Å². The summed E-state index contributed by atoms with van der Waals surface area (Å²) in [6.07, 6.45) is 9.28. The number of aromatic nitrogens is 1. The zero-order valence-electron chi connectivity index (χ0n) is 9.65. The predicted molar refractivity (Wildman–Crippen MR) is 65.5 cm³/mol. The van der Waals surface area contributed by atoms with Crippen LogP contribution >= 0.6 is 0 Å². The van der Waals surface area contributed by atoms with E-state index in [0.717, 1.165) is 12.6 Å². The van der Waals surface area contributed by atoms with Gasteiger partial charge in [0.15, 0.2) is 0 Å². The molecule has 16 heavy (non-hydrogen) atoms. The van der Waals surface area contributed by atoms with Crippen molar-refractivity contribution in [3.05, 3.63) is 24.0 Å². The second-order valence-electron chi connectivity index (χ2n) is 4.85. The van der Waals surface area contributed by atoms with Crippen LogP contribution in [-0.4, -0.2) is 24.1 Å². The fraction of sp³-hybridized carbons (Fsp3) is 0.615. The topological polar surface area (TPSA) is 28.2 Å². The van der Waals surface area contributed by atoms with Crippen molar-refractivity contribution >= 4 is 5.69 Å². The molecule has 1 aromatic heterocycles. The molecule has 3 heteroatoms. The summed E-state index contributed by atoms with van der Waals surface area (Å²) in [5.41, 5.74) is 2.75. The number of pyridine rings is 1. The molecule has 2 fully saturated rings. The first-order valence-electron chi connectivity index (χ1n) is 6.35. The third-order valence-electron chi connectivity index (χ3n) is 3.49. The van der Waals surface area contributed by atoms with Crippen LogP contribution in [0.1, 0.15) is 31.2 Å². The van der Waals surface area contributed by atoms with Gasteiger partial charge in [-0.15, -0.1) is 0 Å². The van der Waals surface area contributed by atoms with Crippen LogP contribution in [0, 0.1) is 0 Å². The molecular weight excluding hydrogens is 198 g/mol. The Hall–Kier alpha value is -1.09. The summed E-state index contributed by atoms with van der Waals surface area (Å²) in [5, 5.41) is 3.58. The van der Waals surface area contributed by atoms with E-state index in [-0.39, 0.29) is 0 Å². The monoisotopic (exact) mass is 217 g/mol. The van der Waals surface area contributed by atoms with Gasteiger partial charge in [0.05, 0.1) is 11.9 Å². The number of hydrogen-bond acceptors (Lipinski definition) is 3. The molecule has 0 amide bonds. The lowest BCUT2D eigenvalue weighted by atomic mass is 10.2. The van der Waals surface area contributed by atoms with E-state index in [0.29, 0.717) is 0 Å². The fourth-order valence-electron chi connectivity index (χ4n) is 2.35. The third-order valence-corrected chi connectivity index (χ3v) is 3.49. The van der Waals surface area contributed by atoms with Gasteiger partial charge in [-0.05, 0) is 37.3 Å². The van der Waals surface area contributed by atoms with Crippen LogP contribution in [-0.2, 0) is 6.54 Å². The van der Waals surface area contributed by atoms with Crippen LogP contribution in [0.2, 0.25) is 0 Å². The predicted octanol–water partition coefficient (Wildman–Crippen LogP) is 1.93. The van der Waals surface area contributed by atoms with Crippen molar-refractivity contribution in [3.8, 4) is 0 Å². The number of hydrogen-bond donors (Lipinski definition) is 1. The van der Waals surface area contributed by atoms with Crippen molar-refractivity contribution in [2.24, 2.45) is 0 Å². The van der Waals surface area contributed by atoms with Gasteiger partial charge in [0.2, 0.25) is 0 Å². The Labute approximate surface area is 96.9 Å². The summed E-state index contributed by atoms with van der Waals surface area (Å²) < 4.78 is 0. The molecule has 1 saturated heterocycles. The van der Waals surface area contributed by atoms with E-state index in [4.69, 9.17) is 0 Å². The minimum absolute atomic E-state index is 0.777. The Balaban J connectivity index is 1.73. The van der Waals surface area contributed by atoms with Crippen molar-refractivity contribution in [1.82, 2.24) is 10.3 Å². The van der Waals surface area contributed by atoms with Gasteiger partial charge >= 0.3 is 0 Å². The van der Waals surface area contributed by atoms with Gasteiger partial charge in [-0.3, -0.25) is 4.98 Å². The molecule has 0 atom stereocenters. The molecule has 3 rings (SSSR count). The summed E-state index contributed by atoms with van der Waals surface area (Å²) in [4.78, 5) is 6.73. The molecule has 0 radical (unpaired) electrons. The molecule has 1 aromatic rings. The first-order valence-corrected chi connectivity index (χ1v) is 6.35. The van der Waals surface area contributed by atoms with E-state index in [1.807, 2.05) is 12.4 Å². The highest BCUT2D eigenvalue weighted by atomic mass is 15.2. The maximum Gasteiger partial charge on any atom is 0.0598 e. The first kappa shape index (κ1) is 10.1. The highest BCUT2D eigenvalue weighted by molar-refractivity contribution is 5.52. The maximum atomic E-state index is 4.26. The van der Waals surface area contributed by atoms with Crippen LogP contribution < -0.4 is 10.2 Å². The van der Waals surface area contributed by atoms with E-state index in [9.17, 15) is 0 Å². The number of anilines is 1. The lowest BCUT2D eigenvalue weighted by Crippen LogP contribution is -2.22. The standard InChI is InChI=1S/C13H19N3/c1-2-8-16(7-1)13-10-14-6-5-11(13)9-15-12-3-4-12/h5-6,10,12,15H,1-4,7-9H2. The zero-order valence-corrected chi connectivity index (χ0v) is 9.65. The molecule has 0 spiro atoms. The zero-order chi connectivity index (χ0) is 10.8. The molecule has 1 aliphatic carbocycles. The van der Waals surface area contributed by atoms with Gasteiger partial charge < -0.3 is 10.2 Å². The molecule has 0 unspecified atom stereocenters. The summed E-state index contributed by atoms with van der Waals surface area (Å²) in [7, 11) is 0. The van der Waals surface area contributed by atoms with Gasteiger partial charge in [-0.25, -0.2) is 0 Å². The smallest absolute Gasteiger partial charge is 0.0598 e. The van der Waals surface area contributed by atoms with Crippen molar-refractivity contribution < 1.29 is 0 Å². The van der Waals surface area contributed by atoms with E-state index >= 15 is 0 Å². The highest BCUT2D eigenvalue weighted by Crippen LogP contribution is 2.25. The Bertz CT molecular complexity index is 354. The average molecular weight is 217 g/mol. The summed E-state index contributed by atoms with van der Waals surface area (Å²) in [5.74, 6) is 0. The van der Waals surface area contributed by atoms with Gasteiger partial charge in [0, 0.05) is 31.9 Å². The second kappa shape index (κ2) is 4.42. The molecule has 1 aliphatic heterocycles. The van der Waals surface area contributed by atoms with Gasteiger partial charge in [-0.2, -0.15) is 0 Å². The summed E-state index contributed by atoms with van der Waals surface area (Å²) in [6.45, 7) is 3.39. The Morgan fingerprint density at radius 3 is 2.88 bits per heavy atom. The van der Waals surface area contributed by atoms with E-state index in [2.05, 4.69) is 21.3 Å². The Morgan fingerprint density at radius 2 is 2.12 bits per heavy atom. The molecule has 1 saturated carbocycles. The van der Waals surface area contributed by atoms with Crippen molar-refractivity contribution in [2.75, 3.05) is 18.0 Å². The Kier molecular flexibility index (Phi) is 2.79. The molecule has 0 bridgehead atoms. The number of rotatable bonds is 4. The quantitative estimate of drug-likeness (QED) is 0.835. The van der Waals surface area contributed by atoms with Crippen LogP contribution in [0.4, 0.5) is 5.69 Å². The molecule has 0 aromatic carbocycles. The summed E-state index contributed by atoms with van der Waals surface area (Å²) in [6, 6.07) is 2.93. The SMILES string of the molecule is c1cc(CNC2CC2)c(N2CCCC2)cn1. The molecule has 2 heterocycles. The van der Waals surface area contributed by atoms with Crippen LogP contribution in [0.15, 0.2) is 18.5 Å². The maximum absolute atomic E-state index is 4.26. The van der Waals surface area contributed by atoms with E-state index in [1.165, 1.54) is 50.0 Å². The minimum Gasteiger partial charge on any atom is -0.370 e. The number of nitrogens with one attached hydrogen (secondary N) is 1. The molecule has 2 aliphatic rings. The Morgan fingerprint density at radius 1 is 1.31 bits per heavy atom. The van der Waals surface area contributed by atoms with Gasteiger partial charge in [-0.1, -0.05) is 0 Å². The summed E-state index contributed by atoms with van der Waals surface area (Å²) >= 11 is 0. The van der Waals surface area contributed by atoms with Crippen molar-refractivity contribution in [1.29, 1.82) is 0 Å². The van der Waals surface area contributed by atoms with Crippen molar-refractivity contribution in [3.63, 3.8) is 0 Å². The van der Waals surface area contributed by atoms with Crippen molar-refractivity contribution in [2.45, 2.75) is 38.3 Å². The normalized spacial score (nSPS) is 20.4. The minimum atomic E-state index is 0.777.